The first-order valence-electron chi connectivity index (χ1n) is 10.5. The minimum atomic E-state index is -0.265. The van der Waals surface area contributed by atoms with Crippen molar-refractivity contribution in [1.29, 1.82) is 0 Å². The maximum absolute atomic E-state index is 12.3. The van der Waals surface area contributed by atoms with Gasteiger partial charge in [-0.1, -0.05) is 6.92 Å². The zero-order chi connectivity index (χ0) is 22.2. The molecule has 0 aliphatic carbocycles. The average molecular weight is 420 g/mol. The zero-order valence-electron chi connectivity index (χ0n) is 18.5. The summed E-state index contributed by atoms with van der Waals surface area (Å²) in [5, 5.41) is 4.15. The van der Waals surface area contributed by atoms with Crippen LogP contribution in [0.5, 0.6) is 11.5 Å². The fraction of sp³-hybridized carbons (Fsp3) is 0.280. The first-order chi connectivity index (χ1) is 15.0. The minimum absolute atomic E-state index is 0.265. The third-order valence-electron chi connectivity index (χ3n) is 4.84. The van der Waals surface area contributed by atoms with Crippen LogP contribution in [0.3, 0.4) is 0 Å². The minimum Gasteiger partial charge on any atom is -0.494 e. The summed E-state index contributed by atoms with van der Waals surface area (Å²) < 4.78 is 13.2. The molecule has 0 unspecified atom stereocenters. The Morgan fingerprint density at radius 1 is 1.00 bits per heavy atom. The predicted octanol–water partition coefficient (Wildman–Crippen LogP) is 5.05. The number of benzene rings is 2. The quantitative estimate of drug-likeness (QED) is 0.390. The topological polar surface area (TPSA) is 64.8 Å². The lowest BCUT2D eigenvalue weighted by Crippen LogP contribution is -2.17. The largest absolute Gasteiger partial charge is 0.494 e. The molecule has 1 N–H and O–H groups in total. The summed E-state index contributed by atoms with van der Waals surface area (Å²) >= 11 is 0. The van der Waals surface area contributed by atoms with Crippen LogP contribution in [0.2, 0.25) is 0 Å². The standard InChI is InChI=1S/C25H29N3O3/c1-5-15-31-24-11-7-20(8-12-24)25(29)27-26-17-21-16-18(3)28(19(21)4)22-9-13-23(14-10-22)30-6-2/h7-14,16-17H,5-6,15H2,1-4H3,(H,27,29)/b26-17-. The van der Waals surface area contributed by atoms with E-state index in [-0.39, 0.29) is 5.91 Å². The summed E-state index contributed by atoms with van der Waals surface area (Å²) in [6.45, 7) is 9.39. The molecule has 1 amide bonds. The van der Waals surface area contributed by atoms with Gasteiger partial charge in [-0.3, -0.25) is 4.79 Å². The van der Waals surface area contributed by atoms with Gasteiger partial charge in [0, 0.05) is 28.2 Å². The van der Waals surface area contributed by atoms with Crippen molar-refractivity contribution in [2.24, 2.45) is 5.10 Å². The van der Waals surface area contributed by atoms with E-state index < -0.39 is 0 Å². The van der Waals surface area contributed by atoms with Crippen LogP contribution in [0.1, 0.15) is 47.6 Å². The van der Waals surface area contributed by atoms with E-state index in [9.17, 15) is 4.79 Å². The second kappa shape index (κ2) is 10.5. The molecule has 0 bridgehead atoms. The number of carbonyl (C=O) groups excluding carboxylic acids is 1. The molecule has 2 aromatic carbocycles. The number of hydrogen-bond donors (Lipinski definition) is 1. The van der Waals surface area contributed by atoms with Crippen molar-refractivity contribution < 1.29 is 14.3 Å². The lowest BCUT2D eigenvalue weighted by Gasteiger charge is -2.11. The molecule has 0 radical (unpaired) electrons. The highest BCUT2D eigenvalue weighted by atomic mass is 16.5. The second-order valence-corrected chi connectivity index (χ2v) is 7.16. The fourth-order valence-electron chi connectivity index (χ4n) is 3.32. The number of amides is 1. The molecule has 3 aromatic rings. The van der Waals surface area contributed by atoms with Gasteiger partial charge in [0.05, 0.1) is 19.4 Å². The van der Waals surface area contributed by atoms with Gasteiger partial charge in [-0.2, -0.15) is 5.10 Å². The Bertz CT molecular complexity index is 1040. The van der Waals surface area contributed by atoms with Crippen LogP contribution in [-0.4, -0.2) is 29.9 Å². The van der Waals surface area contributed by atoms with E-state index in [4.69, 9.17) is 9.47 Å². The molecule has 1 aromatic heterocycles. The highest BCUT2D eigenvalue weighted by molar-refractivity contribution is 5.95. The smallest absolute Gasteiger partial charge is 0.271 e. The van der Waals surface area contributed by atoms with Crippen LogP contribution in [0.15, 0.2) is 59.7 Å². The molecule has 1 heterocycles. The highest BCUT2D eigenvalue weighted by Crippen LogP contribution is 2.22. The second-order valence-electron chi connectivity index (χ2n) is 7.16. The molecule has 162 valence electrons. The molecule has 0 spiro atoms. The molecule has 0 saturated carbocycles. The molecular weight excluding hydrogens is 390 g/mol. The summed E-state index contributed by atoms with van der Waals surface area (Å²) in [4.78, 5) is 12.3. The van der Waals surface area contributed by atoms with Gasteiger partial charge in [0.1, 0.15) is 11.5 Å². The Balaban J connectivity index is 1.67. The van der Waals surface area contributed by atoms with Crippen LogP contribution >= 0.6 is 0 Å². The van der Waals surface area contributed by atoms with E-state index in [1.54, 1.807) is 30.5 Å². The monoisotopic (exact) mass is 419 g/mol. The van der Waals surface area contributed by atoms with Gasteiger partial charge < -0.3 is 14.0 Å². The van der Waals surface area contributed by atoms with E-state index in [2.05, 4.69) is 22.0 Å². The van der Waals surface area contributed by atoms with Crippen molar-refractivity contribution in [2.75, 3.05) is 13.2 Å². The number of aromatic nitrogens is 1. The van der Waals surface area contributed by atoms with Crippen LogP contribution in [-0.2, 0) is 0 Å². The van der Waals surface area contributed by atoms with Gasteiger partial charge in [0.15, 0.2) is 0 Å². The molecule has 31 heavy (non-hydrogen) atoms. The number of ether oxygens (including phenoxy) is 2. The normalized spacial score (nSPS) is 11.0. The molecule has 6 nitrogen and oxygen atoms in total. The van der Waals surface area contributed by atoms with Gasteiger partial charge in [0.2, 0.25) is 0 Å². The number of carbonyl (C=O) groups is 1. The van der Waals surface area contributed by atoms with Crippen LogP contribution in [0.4, 0.5) is 0 Å². The Kier molecular flexibility index (Phi) is 7.49. The van der Waals surface area contributed by atoms with Crippen LogP contribution < -0.4 is 14.9 Å². The summed E-state index contributed by atoms with van der Waals surface area (Å²) in [7, 11) is 0. The van der Waals surface area contributed by atoms with E-state index in [0.717, 1.165) is 40.6 Å². The molecule has 0 aliphatic rings. The number of hydrogen-bond acceptors (Lipinski definition) is 4. The molecule has 0 saturated heterocycles. The van der Waals surface area contributed by atoms with Gasteiger partial charge in [-0.25, -0.2) is 5.43 Å². The molecule has 3 rings (SSSR count). The third-order valence-corrected chi connectivity index (χ3v) is 4.84. The third kappa shape index (κ3) is 5.54. The Hall–Kier alpha value is -3.54. The summed E-state index contributed by atoms with van der Waals surface area (Å²) in [6.07, 6.45) is 2.61. The van der Waals surface area contributed by atoms with Crippen LogP contribution in [0.25, 0.3) is 5.69 Å². The van der Waals surface area contributed by atoms with E-state index in [1.807, 2.05) is 51.1 Å². The summed E-state index contributed by atoms with van der Waals surface area (Å²) in [6, 6.07) is 17.1. The number of hydrazone groups is 1. The highest BCUT2D eigenvalue weighted by Gasteiger charge is 2.10. The summed E-state index contributed by atoms with van der Waals surface area (Å²) in [5.41, 5.74) is 7.23. The Morgan fingerprint density at radius 2 is 1.65 bits per heavy atom. The molecular formula is C25H29N3O3. The van der Waals surface area contributed by atoms with Crippen molar-refractivity contribution in [3.8, 4) is 17.2 Å². The van der Waals surface area contributed by atoms with Gasteiger partial charge in [-0.05, 0) is 81.8 Å². The van der Waals surface area contributed by atoms with Gasteiger partial charge in [-0.15, -0.1) is 0 Å². The Morgan fingerprint density at radius 3 is 2.29 bits per heavy atom. The van der Waals surface area contributed by atoms with Crippen LogP contribution in [0, 0.1) is 13.8 Å². The van der Waals surface area contributed by atoms with Crippen molar-refractivity contribution in [2.45, 2.75) is 34.1 Å². The SMILES string of the molecule is CCCOc1ccc(C(=O)N/N=C\c2cc(C)n(-c3ccc(OCC)cc3)c2C)cc1. The predicted molar refractivity (Wildman–Crippen MR) is 124 cm³/mol. The first-order valence-corrected chi connectivity index (χ1v) is 10.5. The lowest BCUT2D eigenvalue weighted by molar-refractivity contribution is 0.0955. The number of rotatable bonds is 9. The van der Waals surface area contributed by atoms with Crippen molar-refractivity contribution in [1.82, 2.24) is 9.99 Å². The zero-order valence-corrected chi connectivity index (χ0v) is 18.5. The fourth-order valence-corrected chi connectivity index (χ4v) is 3.32. The molecule has 0 aliphatic heterocycles. The van der Waals surface area contributed by atoms with E-state index >= 15 is 0 Å². The van der Waals surface area contributed by atoms with E-state index in [0.29, 0.717) is 18.8 Å². The summed E-state index contributed by atoms with van der Waals surface area (Å²) in [5.74, 6) is 1.34. The van der Waals surface area contributed by atoms with E-state index in [1.165, 1.54) is 0 Å². The first kappa shape index (κ1) is 22.2. The van der Waals surface area contributed by atoms with Crippen molar-refractivity contribution in [3.63, 3.8) is 0 Å². The van der Waals surface area contributed by atoms with Gasteiger partial charge >= 0.3 is 0 Å². The number of aryl methyl sites for hydroxylation is 1. The Labute approximate surface area is 183 Å². The number of nitrogens with zero attached hydrogens (tertiary/aromatic N) is 2. The molecule has 6 heteroatoms. The molecule has 0 fully saturated rings. The van der Waals surface area contributed by atoms with Crippen molar-refractivity contribution >= 4 is 12.1 Å². The van der Waals surface area contributed by atoms with Crippen molar-refractivity contribution in [3.05, 3.63) is 77.1 Å². The maximum Gasteiger partial charge on any atom is 0.271 e. The maximum atomic E-state index is 12.3. The molecule has 0 atom stereocenters. The van der Waals surface area contributed by atoms with Gasteiger partial charge in [0.25, 0.3) is 5.91 Å². The number of nitrogens with one attached hydrogen (secondary N) is 1. The average Bonchev–Trinajstić information content (AvgIpc) is 3.06. The lowest BCUT2D eigenvalue weighted by atomic mass is 10.2.